The van der Waals surface area contributed by atoms with Gasteiger partial charge in [0.1, 0.15) is 5.69 Å². The van der Waals surface area contributed by atoms with Crippen molar-refractivity contribution in [3.63, 3.8) is 0 Å². The van der Waals surface area contributed by atoms with E-state index in [0.29, 0.717) is 38.5 Å². The second-order valence-corrected chi connectivity index (χ2v) is 6.39. The molecule has 0 aliphatic carbocycles. The Kier molecular flexibility index (Phi) is 5.13. The number of nitrogens with one attached hydrogen (secondary N) is 1. The van der Waals surface area contributed by atoms with E-state index in [1.54, 1.807) is 22.8 Å². The highest BCUT2D eigenvalue weighted by Crippen LogP contribution is 2.22. The summed E-state index contributed by atoms with van der Waals surface area (Å²) in [6.45, 7) is 3.61. The summed E-state index contributed by atoms with van der Waals surface area (Å²) in [7, 11) is 0. The maximum Gasteiger partial charge on any atom is 0.409 e. The van der Waals surface area contributed by atoms with Crippen LogP contribution in [0, 0.1) is 0 Å². The Bertz CT molecular complexity index is 810. The smallest absolute Gasteiger partial charge is 0.409 e. The van der Waals surface area contributed by atoms with Gasteiger partial charge in [0.2, 0.25) is 0 Å². The van der Waals surface area contributed by atoms with Crippen molar-refractivity contribution >= 4 is 23.3 Å². The number of H-pyrrole nitrogens is 1. The van der Waals surface area contributed by atoms with E-state index in [9.17, 15) is 14.4 Å². The summed E-state index contributed by atoms with van der Waals surface area (Å²) in [5.41, 5.74) is 0.125. The molecule has 1 saturated heterocycles. The van der Waals surface area contributed by atoms with Gasteiger partial charge < -0.3 is 19.5 Å². The summed E-state index contributed by atoms with van der Waals surface area (Å²) in [5.74, 6) is -0.313. The van der Waals surface area contributed by atoms with E-state index in [2.05, 4.69) is 9.97 Å². The van der Waals surface area contributed by atoms with Crippen LogP contribution >= 0.6 is 11.3 Å². The Labute approximate surface area is 148 Å². The van der Waals surface area contributed by atoms with Crippen molar-refractivity contribution in [2.24, 2.45) is 0 Å². The van der Waals surface area contributed by atoms with Crippen LogP contribution in [-0.4, -0.2) is 64.6 Å². The molecule has 2 aromatic rings. The second kappa shape index (κ2) is 7.47. The SMILES string of the molecule is CCOC(=O)N1CCN(C(=O)c2cc(-c3cccs3)[nH]c(=O)n2)CC1. The highest BCUT2D eigenvalue weighted by atomic mass is 32.1. The zero-order chi connectivity index (χ0) is 17.8. The number of nitrogens with zero attached hydrogens (tertiary/aromatic N) is 3. The number of carbonyl (C=O) groups excluding carboxylic acids is 2. The summed E-state index contributed by atoms with van der Waals surface area (Å²) in [4.78, 5) is 46.6. The van der Waals surface area contributed by atoms with E-state index < -0.39 is 5.69 Å². The molecule has 132 valence electrons. The van der Waals surface area contributed by atoms with Crippen LogP contribution in [0.25, 0.3) is 10.6 Å². The molecule has 3 rings (SSSR count). The molecule has 3 heterocycles. The van der Waals surface area contributed by atoms with E-state index in [-0.39, 0.29) is 17.7 Å². The van der Waals surface area contributed by atoms with Crippen LogP contribution in [0.5, 0.6) is 0 Å². The van der Waals surface area contributed by atoms with Gasteiger partial charge in [0, 0.05) is 26.2 Å². The first-order chi connectivity index (χ1) is 12.1. The molecular formula is C16H18N4O4S. The van der Waals surface area contributed by atoms with Gasteiger partial charge in [-0.2, -0.15) is 4.98 Å². The Hall–Kier alpha value is -2.68. The van der Waals surface area contributed by atoms with Crippen LogP contribution in [0.3, 0.4) is 0 Å². The molecule has 0 aromatic carbocycles. The van der Waals surface area contributed by atoms with Gasteiger partial charge in [-0.05, 0) is 24.4 Å². The number of aromatic nitrogens is 2. The minimum Gasteiger partial charge on any atom is -0.450 e. The molecule has 1 aliphatic heterocycles. The molecule has 2 amide bonds. The number of aromatic amines is 1. The van der Waals surface area contributed by atoms with Gasteiger partial charge in [-0.1, -0.05) is 6.07 Å². The molecule has 0 unspecified atom stereocenters. The third-order valence-electron chi connectivity index (χ3n) is 3.84. The van der Waals surface area contributed by atoms with Crippen molar-refractivity contribution < 1.29 is 14.3 Å². The average molecular weight is 362 g/mol. The molecule has 25 heavy (non-hydrogen) atoms. The summed E-state index contributed by atoms with van der Waals surface area (Å²) >= 11 is 1.47. The first-order valence-electron chi connectivity index (χ1n) is 7.94. The minimum atomic E-state index is -0.556. The molecule has 0 atom stereocenters. The molecule has 2 aromatic heterocycles. The van der Waals surface area contributed by atoms with Gasteiger partial charge in [0.05, 0.1) is 17.2 Å². The van der Waals surface area contributed by atoms with Crippen LogP contribution in [-0.2, 0) is 4.74 Å². The molecule has 9 heteroatoms. The summed E-state index contributed by atoms with van der Waals surface area (Å²) < 4.78 is 4.96. The standard InChI is InChI=1S/C16H18N4O4S/c1-2-24-16(23)20-7-5-19(6-8-20)14(21)12-10-11(17-15(22)18-12)13-4-3-9-25-13/h3-4,9-10H,2,5-8H2,1H3,(H,17,18,22). The summed E-state index contributed by atoms with van der Waals surface area (Å²) in [6.07, 6.45) is -0.371. The lowest BCUT2D eigenvalue weighted by molar-refractivity contribution is 0.0565. The molecule has 8 nitrogen and oxygen atoms in total. The van der Waals surface area contributed by atoms with Gasteiger partial charge in [-0.25, -0.2) is 9.59 Å². The van der Waals surface area contributed by atoms with E-state index in [0.717, 1.165) is 4.88 Å². The quantitative estimate of drug-likeness (QED) is 0.891. The lowest BCUT2D eigenvalue weighted by Crippen LogP contribution is -2.51. The minimum absolute atomic E-state index is 0.108. The third kappa shape index (κ3) is 3.87. The van der Waals surface area contributed by atoms with E-state index in [4.69, 9.17) is 4.74 Å². The van der Waals surface area contributed by atoms with Crippen LogP contribution in [0.15, 0.2) is 28.4 Å². The van der Waals surface area contributed by atoms with Crippen LogP contribution in [0.2, 0.25) is 0 Å². The van der Waals surface area contributed by atoms with Gasteiger partial charge >= 0.3 is 11.8 Å². The maximum absolute atomic E-state index is 12.7. The zero-order valence-corrected chi connectivity index (χ0v) is 14.5. The normalized spacial score (nSPS) is 14.4. The van der Waals surface area contributed by atoms with Crippen molar-refractivity contribution in [1.29, 1.82) is 0 Å². The average Bonchev–Trinajstić information content (AvgIpc) is 3.15. The maximum atomic E-state index is 12.7. The van der Waals surface area contributed by atoms with Crippen molar-refractivity contribution in [3.05, 3.63) is 39.8 Å². The van der Waals surface area contributed by atoms with Crippen molar-refractivity contribution in [3.8, 4) is 10.6 Å². The first kappa shape index (κ1) is 17.2. The van der Waals surface area contributed by atoms with E-state index in [1.165, 1.54) is 11.3 Å². The molecular weight excluding hydrogens is 344 g/mol. The van der Waals surface area contributed by atoms with Crippen LogP contribution < -0.4 is 5.69 Å². The molecule has 0 spiro atoms. The number of rotatable bonds is 3. The molecule has 0 saturated carbocycles. The summed E-state index contributed by atoms with van der Waals surface area (Å²) in [6, 6.07) is 5.32. The molecule has 1 N–H and O–H groups in total. The largest absolute Gasteiger partial charge is 0.450 e. The van der Waals surface area contributed by atoms with E-state index >= 15 is 0 Å². The number of hydrogen-bond donors (Lipinski definition) is 1. The van der Waals surface area contributed by atoms with Crippen molar-refractivity contribution in [1.82, 2.24) is 19.8 Å². The second-order valence-electron chi connectivity index (χ2n) is 5.44. The van der Waals surface area contributed by atoms with Gasteiger partial charge in [-0.3, -0.25) is 4.79 Å². The Morgan fingerprint density at radius 3 is 2.64 bits per heavy atom. The molecule has 1 fully saturated rings. The monoisotopic (exact) mass is 362 g/mol. The predicted molar refractivity (Wildman–Crippen MR) is 92.7 cm³/mol. The van der Waals surface area contributed by atoms with Gasteiger partial charge in [0.15, 0.2) is 0 Å². The zero-order valence-electron chi connectivity index (χ0n) is 13.7. The number of hydrogen-bond acceptors (Lipinski definition) is 6. The Morgan fingerprint density at radius 1 is 1.28 bits per heavy atom. The number of amides is 2. The fraction of sp³-hybridized carbons (Fsp3) is 0.375. The lowest BCUT2D eigenvalue weighted by atomic mass is 10.2. The highest BCUT2D eigenvalue weighted by Gasteiger charge is 2.26. The summed E-state index contributed by atoms with van der Waals surface area (Å²) in [5, 5.41) is 1.89. The number of carbonyl (C=O) groups is 2. The van der Waals surface area contributed by atoms with Crippen LogP contribution in [0.1, 0.15) is 17.4 Å². The Morgan fingerprint density at radius 2 is 2.00 bits per heavy atom. The lowest BCUT2D eigenvalue weighted by Gasteiger charge is -2.33. The van der Waals surface area contributed by atoms with Crippen molar-refractivity contribution in [2.75, 3.05) is 32.8 Å². The van der Waals surface area contributed by atoms with Gasteiger partial charge in [0.25, 0.3) is 5.91 Å². The molecule has 0 bridgehead atoms. The molecule has 0 radical (unpaired) electrons. The topological polar surface area (TPSA) is 95.6 Å². The van der Waals surface area contributed by atoms with Crippen LogP contribution in [0.4, 0.5) is 4.79 Å². The number of piperazine rings is 1. The fourth-order valence-electron chi connectivity index (χ4n) is 2.60. The van der Waals surface area contributed by atoms with E-state index in [1.807, 2.05) is 17.5 Å². The van der Waals surface area contributed by atoms with Crippen molar-refractivity contribution in [2.45, 2.75) is 6.92 Å². The third-order valence-corrected chi connectivity index (χ3v) is 4.75. The fourth-order valence-corrected chi connectivity index (χ4v) is 3.30. The van der Waals surface area contributed by atoms with Gasteiger partial charge in [-0.15, -0.1) is 11.3 Å². The molecule has 1 aliphatic rings. The number of ether oxygens (including phenoxy) is 1. The predicted octanol–water partition coefficient (Wildman–Crippen LogP) is 1.41. The first-order valence-corrected chi connectivity index (χ1v) is 8.82. The number of thiophene rings is 1. The highest BCUT2D eigenvalue weighted by molar-refractivity contribution is 7.13. The Balaban J connectivity index is 1.72.